The van der Waals surface area contributed by atoms with Crippen molar-refractivity contribution in [3.05, 3.63) is 0 Å². The van der Waals surface area contributed by atoms with Gasteiger partial charge in [0.15, 0.2) is 0 Å². The van der Waals surface area contributed by atoms with Gasteiger partial charge in [-0.1, -0.05) is 6.92 Å². The zero-order valence-corrected chi connectivity index (χ0v) is 9.94. The molecule has 1 heterocycles. The lowest BCUT2D eigenvalue weighted by molar-refractivity contribution is -0.136. The summed E-state index contributed by atoms with van der Waals surface area (Å²) in [7, 11) is 1.81. The maximum absolute atomic E-state index is 11.9. The number of hydrogen-bond donors (Lipinski definition) is 1. The van der Waals surface area contributed by atoms with Crippen LogP contribution in [0.3, 0.4) is 0 Å². The molecule has 0 spiro atoms. The quantitative estimate of drug-likeness (QED) is 0.735. The number of aliphatic hydroxyl groups is 1. The van der Waals surface area contributed by atoms with Gasteiger partial charge >= 0.3 is 0 Å². The molecule has 1 aliphatic heterocycles. The second kappa shape index (κ2) is 5.47. The van der Waals surface area contributed by atoms with E-state index in [1.807, 2.05) is 7.05 Å². The van der Waals surface area contributed by atoms with Crippen molar-refractivity contribution >= 4 is 5.91 Å². The van der Waals surface area contributed by atoms with Crippen LogP contribution in [0.25, 0.3) is 0 Å². The standard InChI is InChI=1S/C11H22N2O2/c1-4-6-13-9(2)5-7-12(3)11(15)10(13)8-14/h9-10,14H,4-8H2,1-3H3. The SMILES string of the molecule is CCCN1C(C)CCN(C)C(=O)C1CO. The van der Waals surface area contributed by atoms with Crippen LogP contribution in [-0.4, -0.2) is 59.6 Å². The molecule has 88 valence electrons. The molecule has 1 rings (SSSR count). The van der Waals surface area contributed by atoms with Gasteiger partial charge < -0.3 is 10.0 Å². The van der Waals surface area contributed by atoms with Crippen molar-refractivity contribution in [1.82, 2.24) is 9.80 Å². The minimum absolute atomic E-state index is 0.0512. The third-order valence-electron chi connectivity index (χ3n) is 3.16. The molecule has 4 heteroatoms. The Morgan fingerprint density at radius 2 is 2.20 bits per heavy atom. The van der Waals surface area contributed by atoms with E-state index in [1.165, 1.54) is 0 Å². The van der Waals surface area contributed by atoms with Crippen LogP contribution in [0.5, 0.6) is 0 Å². The summed E-state index contributed by atoms with van der Waals surface area (Å²) in [5.41, 5.74) is 0. The minimum Gasteiger partial charge on any atom is -0.394 e. The van der Waals surface area contributed by atoms with E-state index in [0.717, 1.165) is 25.9 Å². The molecule has 0 aromatic carbocycles. The summed E-state index contributed by atoms with van der Waals surface area (Å²) in [5, 5.41) is 9.33. The zero-order valence-electron chi connectivity index (χ0n) is 9.94. The van der Waals surface area contributed by atoms with Crippen LogP contribution in [0.15, 0.2) is 0 Å². The number of carbonyl (C=O) groups is 1. The van der Waals surface area contributed by atoms with Gasteiger partial charge in [-0.3, -0.25) is 9.69 Å². The first kappa shape index (κ1) is 12.5. The predicted octanol–water partition coefficient (Wildman–Crippen LogP) is 0.310. The predicted molar refractivity (Wildman–Crippen MR) is 59.6 cm³/mol. The second-order valence-electron chi connectivity index (χ2n) is 4.33. The molecule has 0 saturated carbocycles. The summed E-state index contributed by atoms with van der Waals surface area (Å²) in [6.45, 7) is 5.82. The van der Waals surface area contributed by atoms with Gasteiger partial charge in [0.1, 0.15) is 6.04 Å². The van der Waals surface area contributed by atoms with Gasteiger partial charge in [0.05, 0.1) is 6.61 Å². The van der Waals surface area contributed by atoms with E-state index in [9.17, 15) is 9.90 Å². The van der Waals surface area contributed by atoms with Crippen LogP contribution in [-0.2, 0) is 4.79 Å². The Morgan fingerprint density at radius 1 is 1.53 bits per heavy atom. The maximum atomic E-state index is 11.9. The van der Waals surface area contributed by atoms with Gasteiger partial charge in [0.25, 0.3) is 0 Å². The van der Waals surface area contributed by atoms with Crippen molar-refractivity contribution in [3.8, 4) is 0 Å². The van der Waals surface area contributed by atoms with E-state index in [2.05, 4.69) is 18.7 Å². The van der Waals surface area contributed by atoms with E-state index in [4.69, 9.17) is 0 Å². The summed E-state index contributed by atoms with van der Waals surface area (Å²) in [6, 6.07) is 0.0310. The molecule has 0 aromatic rings. The third kappa shape index (κ3) is 2.69. The lowest BCUT2D eigenvalue weighted by Gasteiger charge is -2.32. The molecule has 1 amide bonds. The normalized spacial score (nSPS) is 29.3. The van der Waals surface area contributed by atoms with Crippen molar-refractivity contribution in [2.24, 2.45) is 0 Å². The summed E-state index contributed by atoms with van der Waals surface area (Å²) >= 11 is 0. The third-order valence-corrected chi connectivity index (χ3v) is 3.16. The van der Waals surface area contributed by atoms with Crippen molar-refractivity contribution in [1.29, 1.82) is 0 Å². The monoisotopic (exact) mass is 214 g/mol. The van der Waals surface area contributed by atoms with Crippen LogP contribution in [0.2, 0.25) is 0 Å². The molecule has 1 N–H and O–H groups in total. The van der Waals surface area contributed by atoms with Gasteiger partial charge in [-0.25, -0.2) is 0 Å². The Labute approximate surface area is 91.9 Å². The summed E-state index contributed by atoms with van der Waals surface area (Å²) in [4.78, 5) is 15.8. The molecule has 1 fully saturated rings. The van der Waals surface area contributed by atoms with Gasteiger partial charge in [-0.05, 0) is 26.3 Å². The lowest BCUT2D eigenvalue weighted by atomic mass is 10.1. The average Bonchev–Trinajstić information content (AvgIpc) is 2.32. The average molecular weight is 214 g/mol. The van der Waals surface area contributed by atoms with E-state index in [-0.39, 0.29) is 18.6 Å². The number of amides is 1. The minimum atomic E-state index is -0.340. The highest BCUT2D eigenvalue weighted by Crippen LogP contribution is 2.16. The Kier molecular flexibility index (Phi) is 4.54. The number of hydrogen-bond acceptors (Lipinski definition) is 3. The highest BCUT2D eigenvalue weighted by Gasteiger charge is 2.33. The summed E-state index contributed by atoms with van der Waals surface area (Å²) < 4.78 is 0. The Hall–Kier alpha value is -0.610. The first-order chi connectivity index (χ1) is 7.11. The molecule has 1 saturated heterocycles. The second-order valence-corrected chi connectivity index (χ2v) is 4.33. The van der Waals surface area contributed by atoms with E-state index >= 15 is 0 Å². The number of rotatable bonds is 3. The van der Waals surface area contributed by atoms with Gasteiger partial charge in [0, 0.05) is 19.6 Å². The first-order valence-corrected chi connectivity index (χ1v) is 5.73. The molecule has 2 unspecified atom stereocenters. The molecular formula is C11H22N2O2. The topological polar surface area (TPSA) is 43.8 Å². The van der Waals surface area contributed by atoms with Crippen LogP contribution < -0.4 is 0 Å². The molecule has 4 nitrogen and oxygen atoms in total. The largest absolute Gasteiger partial charge is 0.394 e. The van der Waals surface area contributed by atoms with Crippen molar-refractivity contribution < 1.29 is 9.90 Å². The van der Waals surface area contributed by atoms with E-state index < -0.39 is 0 Å². The smallest absolute Gasteiger partial charge is 0.242 e. The number of carbonyl (C=O) groups excluding carboxylic acids is 1. The molecular weight excluding hydrogens is 192 g/mol. The Balaban J connectivity index is 2.82. The fourth-order valence-electron chi connectivity index (χ4n) is 2.18. The Morgan fingerprint density at radius 3 is 2.73 bits per heavy atom. The van der Waals surface area contributed by atoms with E-state index in [0.29, 0.717) is 6.04 Å². The number of nitrogens with zero attached hydrogens (tertiary/aromatic N) is 2. The van der Waals surface area contributed by atoms with Gasteiger partial charge in [0.2, 0.25) is 5.91 Å². The number of aliphatic hydroxyl groups excluding tert-OH is 1. The van der Waals surface area contributed by atoms with Crippen molar-refractivity contribution in [2.75, 3.05) is 26.7 Å². The van der Waals surface area contributed by atoms with Crippen LogP contribution in [0.4, 0.5) is 0 Å². The summed E-state index contributed by atoms with van der Waals surface area (Å²) in [6.07, 6.45) is 2.00. The maximum Gasteiger partial charge on any atom is 0.242 e. The molecule has 0 aromatic heterocycles. The lowest BCUT2D eigenvalue weighted by Crippen LogP contribution is -2.49. The zero-order chi connectivity index (χ0) is 11.4. The van der Waals surface area contributed by atoms with E-state index in [1.54, 1.807) is 4.90 Å². The van der Waals surface area contributed by atoms with Crippen LogP contribution in [0, 0.1) is 0 Å². The molecule has 1 aliphatic rings. The van der Waals surface area contributed by atoms with Gasteiger partial charge in [-0.2, -0.15) is 0 Å². The Bertz CT molecular complexity index is 221. The summed E-state index contributed by atoms with van der Waals surface area (Å²) in [5.74, 6) is 0.0512. The molecule has 0 radical (unpaired) electrons. The van der Waals surface area contributed by atoms with Crippen molar-refractivity contribution in [3.63, 3.8) is 0 Å². The van der Waals surface area contributed by atoms with Gasteiger partial charge in [-0.15, -0.1) is 0 Å². The molecule has 0 aliphatic carbocycles. The van der Waals surface area contributed by atoms with Crippen LogP contribution in [0.1, 0.15) is 26.7 Å². The highest BCUT2D eigenvalue weighted by atomic mass is 16.3. The number of likely N-dealkylation sites (N-methyl/N-ethyl adjacent to an activating group) is 1. The molecule has 0 bridgehead atoms. The molecule has 15 heavy (non-hydrogen) atoms. The van der Waals surface area contributed by atoms with Crippen LogP contribution >= 0.6 is 0 Å². The fraction of sp³-hybridized carbons (Fsp3) is 0.909. The van der Waals surface area contributed by atoms with Crippen molar-refractivity contribution in [2.45, 2.75) is 38.8 Å². The molecule has 2 atom stereocenters. The highest BCUT2D eigenvalue weighted by molar-refractivity contribution is 5.82. The first-order valence-electron chi connectivity index (χ1n) is 5.73. The fourth-order valence-corrected chi connectivity index (χ4v) is 2.18.